The number of carbonyl (C=O) groups excluding carboxylic acids is 2. The second-order valence-corrected chi connectivity index (χ2v) is 8.50. The maximum absolute atomic E-state index is 15.3. The van der Waals surface area contributed by atoms with E-state index in [4.69, 9.17) is 0 Å². The molecule has 5 nitrogen and oxygen atoms in total. The molecule has 2 heterocycles. The van der Waals surface area contributed by atoms with Gasteiger partial charge in [0.2, 0.25) is 0 Å². The van der Waals surface area contributed by atoms with E-state index in [9.17, 15) is 22.8 Å². The Bertz CT molecular complexity index is 1520. The second-order valence-electron chi connectivity index (χ2n) is 8.50. The van der Waals surface area contributed by atoms with Gasteiger partial charge in [-0.05, 0) is 55.3 Å². The van der Waals surface area contributed by atoms with Crippen molar-refractivity contribution in [2.45, 2.75) is 12.8 Å². The zero-order valence-corrected chi connectivity index (χ0v) is 18.8. The molecule has 0 saturated carbocycles. The first-order chi connectivity index (χ1) is 17.3. The summed E-state index contributed by atoms with van der Waals surface area (Å²) >= 11 is 0. The van der Waals surface area contributed by atoms with E-state index in [0.717, 1.165) is 43.8 Å². The number of nitrogens with one attached hydrogen (secondary N) is 1. The molecule has 1 aliphatic rings. The lowest BCUT2D eigenvalue weighted by molar-refractivity contribution is 0.101. The molecule has 1 aromatic heterocycles. The van der Waals surface area contributed by atoms with Crippen molar-refractivity contribution < 1.29 is 27.2 Å². The number of anilines is 2. The second kappa shape index (κ2) is 9.41. The highest BCUT2D eigenvalue weighted by Gasteiger charge is 2.27. The molecule has 3 aromatic carbocycles. The van der Waals surface area contributed by atoms with Crippen molar-refractivity contribution in [3.8, 4) is 0 Å². The summed E-state index contributed by atoms with van der Waals surface area (Å²) in [6, 6.07) is 11.2. The van der Waals surface area contributed by atoms with Gasteiger partial charge in [-0.25, -0.2) is 17.6 Å². The largest absolute Gasteiger partial charge is 0.370 e. The van der Waals surface area contributed by atoms with Crippen LogP contribution in [-0.2, 0) is 0 Å². The number of carbonyl (C=O) groups is 2. The maximum atomic E-state index is 15.3. The Labute approximate surface area is 203 Å². The van der Waals surface area contributed by atoms with E-state index in [-0.39, 0.29) is 11.1 Å². The number of hydrogen-bond donors (Lipinski definition) is 1. The zero-order valence-electron chi connectivity index (χ0n) is 18.8. The Morgan fingerprint density at radius 2 is 1.64 bits per heavy atom. The summed E-state index contributed by atoms with van der Waals surface area (Å²) in [5.41, 5.74) is -0.679. The molecular formula is C27H19F4N3O2. The Balaban J connectivity index is 1.50. The number of fused-ring (bicyclic) bond motifs is 1. The van der Waals surface area contributed by atoms with Crippen molar-refractivity contribution >= 4 is 34.0 Å². The van der Waals surface area contributed by atoms with Gasteiger partial charge in [-0.15, -0.1) is 0 Å². The minimum absolute atomic E-state index is 0.0753. The molecule has 0 bridgehead atoms. The van der Waals surface area contributed by atoms with Gasteiger partial charge in [0.15, 0.2) is 23.2 Å². The summed E-state index contributed by atoms with van der Waals surface area (Å²) in [6.45, 7) is 1.77. The lowest BCUT2D eigenvalue weighted by Crippen LogP contribution is -2.18. The third kappa shape index (κ3) is 4.39. The molecule has 182 valence electrons. The molecule has 0 spiro atoms. The molecule has 4 aromatic rings. The number of benzene rings is 3. The molecule has 1 amide bonds. The number of amides is 1. The molecule has 0 atom stereocenters. The van der Waals surface area contributed by atoms with Gasteiger partial charge < -0.3 is 10.2 Å². The molecular weight excluding hydrogens is 474 g/mol. The summed E-state index contributed by atoms with van der Waals surface area (Å²) < 4.78 is 57.7. The first-order valence-electron chi connectivity index (χ1n) is 11.3. The Morgan fingerprint density at radius 3 is 2.39 bits per heavy atom. The van der Waals surface area contributed by atoms with Gasteiger partial charge in [0.05, 0.1) is 28.7 Å². The molecule has 0 aliphatic carbocycles. The highest BCUT2D eigenvalue weighted by molar-refractivity contribution is 6.12. The minimum Gasteiger partial charge on any atom is -0.370 e. The van der Waals surface area contributed by atoms with Gasteiger partial charge in [0, 0.05) is 35.7 Å². The number of pyridine rings is 1. The molecule has 9 heteroatoms. The highest BCUT2D eigenvalue weighted by atomic mass is 19.2. The van der Waals surface area contributed by atoms with Crippen molar-refractivity contribution in [3.63, 3.8) is 0 Å². The van der Waals surface area contributed by atoms with E-state index >= 15 is 4.39 Å². The summed E-state index contributed by atoms with van der Waals surface area (Å²) in [6.07, 6.45) is 3.86. The Kier molecular flexibility index (Phi) is 6.13. The van der Waals surface area contributed by atoms with E-state index in [0.29, 0.717) is 17.0 Å². The van der Waals surface area contributed by atoms with Gasteiger partial charge in [0.25, 0.3) is 5.91 Å². The van der Waals surface area contributed by atoms with Crippen molar-refractivity contribution in [3.05, 3.63) is 101 Å². The van der Waals surface area contributed by atoms with Crippen LogP contribution in [0.5, 0.6) is 0 Å². The average Bonchev–Trinajstić information content (AvgIpc) is 3.42. The predicted octanol–water partition coefficient (Wildman–Crippen LogP) is 5.87. The van der Waals surface area contributed by atoms with Gasteiger partial charge >= 0.3 is 0 Å². The van der Waals surface area contributed by atoms with Crippen molar-refractivity contribution in [2.24, 2.45) is 0 Å². The number of nitrogens with zero attached hydrogens (tertiary/aromatic N) is 2. The quantitative estimate of drug-likeness (QED) is 0.215. The highest BCUT2D eigenvalue weighted by Crippen LogP contribution is 2.29. The van der Waals surface area contributed by atoms with E-state index < -0.39 is 46.2 Å². The van der Waals surface area contributed by atoms with Crippen LogP contribution in [0.4, 0.5) is 28.9 Å². The van der Waals surface area contributed by atoms with Gasteiger partial charge in [0.1, 0.15) is 5.82 Å². The molecule has 0 unspecified atom stereocenters. The first kappa shape index (κ1) is 23.5. The lowest BCUT2D eigenvalue weighted by atomic mass is 9.99. The first-order valence-corrected chi connectivity index (χ1v) is 11.3. The van der Waals surface area contributed by atoms with Crippen LogP contribution in [0.15, 0.2) is 60.8 Å². The molecule has 1 saturated heterocycles. The SMILES string of the molecule is O=C(Nc1cc(F)c(F)c(C(=O)c2ccc3ncc(N4CCCC4)cc3c2)c1F)c1cccc(F)c1. The summed E-state index contributed by atoms with van der Waals surface area (Å²) in [5, 5.41) is 2.67. The number of halogens is 4. The van der Waals surface area contributed by atoms with Gasteiger partial charge in [-0.2, -0.15) is 0 Å². The summed E-state index contributed by atoms with van der Waals surface area (Å²) in [7, 11) is 0. The van der Waals surface area contributed by atoms with Crippen LogP contribution < -0.4 is 10.2 Å². The van der Waals surface area contributed by atoms with E-state index in [1.165, 1.54) is 30.3 Å². The molecule has 1 fully saturated rings. The molecule has 1 aliphatic heterocycles. The van der Waals surface area contributed by atoms with Crippen LogP contribution in [0.2, 0.25) is 0 Å². The van der Waals surface area contributed by atoms with Crippen LogP contribution in [0.3, 0.4) is 0 Å². The Morgan fingerprint density at radius 1 is 0.861 bits per heavy atom. The average molecular weight is 493 g/mol. The summed E-state index contributed by atoms with van der Waals surface area (Å²) in [4.78, 5) is 32.1. The van der Waals surface area contributed by atoms with Crippen LogP contribution in [0.25, 0.3) is 10.9 Å². The van der Waals surface area contributed by atoms with Crippen molar-refractivity contribution in [2.75, 3.05) is 23.3 Å². The zero-order chi connectivity index (χ0) is 25.4. The van der Waals surface area contributed by atoms with Crippen molar-refractivity contribution in [1.29, 1.82) is 0 Å². The number of aromatic nitrogens is 1. The van der Waals surface area contributed by atoms with Crippen LogP contribution >= 0.6 is 0 Å². The number of ketones is 1. The topological polar surface area (TPSA) is 62.3 Å². The number of hydrogen-bond acceptors (Lipinski definition) is 4. The van der Waals surface area contributed by atoms with Crippen LogP contribution in [0, 0.1) is 23.3 Å². The standard InChI is InChI=1S/C27H19F4N3O2/c28-18-5-3-4-16(11-18)27(36)33-22-13-20(29)24(30)23(25(22)31)26(35)15-6-7-21-17(10-15)12-19(14-32-21)34-8-1-2-9-34/h3-7,10-14H,1-2,8-9H2,(H,33,36). The molecule has 5 rings (SSSR count). The van der Waals surface area contributed by atoms with E-state index in [1.54, 1.807) is 6.20 Å². The van der Waals surface area contributed by atoms with E-state index in [2.05, 4.69) is 15.2 Å². The van der Waals surface area contributed by atoms with Gasteiger partial charge in [-0.3, -0.25) is 14.6 Å². The predicted molar refractivity (Wildman–Crippen MR) is 127 cm³/mol. The molecule has 0 radical (unpaired) electrons. The smallest absolute Gasteiger partial charge is 0.255 e. The van der Waals surface area contributed by atoms with Gasteiger partial charge in [-0.1, -0.05) is 6.07 Å². The summed E-state index contributed by atoms with van der Waals surface area (Å²) in [5.74, 6) is -7.39. The fraction of sp³-hybridized carbons (Fsp3) is 0.148. The number of rotatable bonds is 5. The van der Waals surface area contributed by atoms with Crippen LogP contribution in [0.1, 0.15) is 39.1 Å². The fourth-order valence-electron chi connectivity index (χ4n) is 4.27. The third-order valence-electron chi connectivity index (χ3n) is 6.12. The fourth-order valence-corrected chi connectivity index (χ4v) is 4.27. The third-order valence-corrected chi connectivity index (χ3v) is 6.12. The normalized spacial score (nSPS) is 13.3. The molecule has 36 heavy (non-hydrogen) atoms. The lowest BCUT2D eigenvalue weighted by Gasteiger charge is -2.17. The minimum atomic E-state index is -1.68. The Hall–Kier alpha value is -4.27. The van der Waals surface area contributed by atoms with E-state index in [1.807, 2.05) is 6.07 Å². The maximum Gasteiger partial charge on any atom is 0.255 e. The van der Waals surface area contributed by atoms with Crippen LogP contribution in [-0.4, -0.2) is 29.8 Å². The monoisotopic (exact) mass is 493 g/mol. The molecule has 1 N–H and O–H groups in total. The van der Waals surface area contributed by atoms with Crippen molar-refractivity contribution in [1.82, 2.24) is 4.98 Å².